The molecule has 2 N–H and O–H groups in total. The van der Waals surface area contributed by atoms with Crippen LogP contribution in [0.5, 0.6) is 0 Å². The third kappa shape index (κ3) is 4.21. The van der Waals surface area contributed by atoms with Crippen molar-refractivity contribution in [2.75, 3.05) is 38.1 Å². The summed E-state index contributed by atoms with van der Waals surface area (Å²) in [7, 11) is 0. The second-order valence-corrected chi connectivity index (χ2v) is 5.95. The number of nitro benzene ring substituents is 1. The summed E-state index contributed by atoms with van der Waals surface area (Å²) in [6, 6.07) is 4.30. The normalized spacial score (nSPS) is 16.7. The number of amides is 2. The van der Waals surface area contributed by atoms with E-state index in [-0.39, 0.29) is 24.4 Å². The van der Waals surface area contributed by atoms with Crippen LogP contribution < -0.4 is 5.32 Å². The van der Waals surface area contributed by atoms with Crippen LogP contribution in [0.3, 0.4) is 0 Å². The molecule has 0 aliphatic carbocycles. The van der Waals surface area contributed by atoms with Gasteiger partial charge in [0.05, 0.1) is 17.2 Å². The van der Waals surface area contributed by atoms with Crippen LogP contribution in [0.15, 0.2) is 18.2 Å². The number of anilines is 1. The van der Waals surface area contributed by atoms with Crippen molar-refractivity contribution < 1.29 is 14.8 Å². The van der Waals surface area contributed by atoms with Crippen molar-refractivity contribution >= 4 is 17.4 Å². The van der Waals surface area contributed by atoms with E-state index in [0.717, 1.165) is 12.0 Å². The average Bonchev–Trinajstić information content (AvgIpc) is 2.58. The Morgan fingerprint density at radius 1 is 1.38 bits per heavy atom. The first kappa shape index (κ1) is 18.2. The Morgan fingerprint density at radius 3 is 2.58 bits per heavy atom. The minimum Gasteiger partial charge on any atom is -0.395 e. The smallest absolute Gasteiger partial charge is 0.321 e. The molecule has 8 heteroatoms. The van der Waals surface area contributed by atoms with Crippen LogP contribution in [0.2, 0.25) is 0 Å². The number of aliphatic hydroxyl groups excluding tert-OH is 1. The lowest BCUT2D eigenvalue weighted by Gasteiger charge is -2.38. The Morgan fingerprint density at radius 2 is 2.04 bits per heavy atom. The van der Waals surface area contributed by atoms with Gasteiger partial charge in [0.25, 0.3) is 5.69 Å². The van der Waals surface area contributed by atoms with E-state index in [2.05, 4.69) is 10.2 Å². The molecule has 1 fully saturated rings. The maximum atomic E-state index is 12.4. The van der Waals surface area contributed by atoms with Crippen molar-refractivity contribution in [3.8, 4) is 0 Å². The monoisotopic (exact) mass is 336 g/mol. The van der Waals surface area contributed by atoms with Crippen molar-refractivity contribution in [1.82, 2.24) is 9.80 Å². The summed E-state index contributed by atoms with van der Waals surface area (Å²) < 4.78 is 0. The van der Waals surface area contributed by atoms with Crippen molar-refractivity contribution in [2.24, 2.45) is 0 Å². The standard InChI is InChI=1S/C16H24N4O4/c1-3-13(11-21)18-6-8-19(9-7-18)16(22)17-15-10-14(20(23)24)5-4-12(15)2/h4-5,10,13,21H,3,6-9,11H2,1-2H3,(H,17,22)/t13-/m0/s1. The summed E-state index contributed by atoms with van der Waals surface area (Å²) in [5.74, 6) is 0. The second kappa shape index (κ2) is 8.07. The molecule has 0 bridgehead atoms. The predicted molar refractivity (Wildman–Crippen MR) is 91.2 cm³/mol. The van der Waals surface area contributed by atoms with Gasteiger partial charge >= 0.3 is 6.03 Å². The summed E-state index contributed by atoms with van der Waals surface area (Å²) in [5.41, 5.74) is 1.19. The molecule has 1 aliphatic rings. The van der Waals surface area contributed by atoms with Gasteiger partial charge in [0.2, 0.25) is 0 Å². The van der Waals surface area contributed by atoms with Crippen LogP contribution >= 0.6 is 0 Å². The van der Waals surface area contributed by atoms with Gasteiger partial charge in [0.15, 0.2) is 0 Å². The summed E-state index contributed by atoms with van der Waals surface area (Å²) in [6.45, 7) is 6.50. The number of rotatable bonds is 5. The lowest BCUT2D eigenvalue weighted by atomic mass is 10.1. The molecule has 1 aromatic carbocycles. The highest BCUT2D eigenvalue weighted by atomic mass is 16.6. The molecule has 1 aromatic rings. The van der Waals surface area contributed by atoms with Gasteiger partial charge in [-0.05, 0) is 18.9 Å². The molecule has 1 aliphatic heterocycles. The summed E-state index contributed by atoms with van der Waals surface area (Å²) >= 11 is 0. The number of carbonyl (C=O) groups is 1. The van der Waals surface area contributed by atoms with Crippen molar-refractivity contribution in [2.45, 2.75) is 26.3 Å². The van der Waals surface area contributed by atoms with E-state index in [1.165, 1.54) is 12.1 Å². The third-order valence-electron chi connectivity index (χ3n) is 4.47. The maximum Gasteiger partial charge on any atom is 0.321 e. The van der Waals surface area contributed by atoms with Crippen LogP contribution in [0.1, 0.15) is 18.9 Å². The van der Waals surface area contributed by atoms with Gasteiger partial charge in [-0.25, -0.2) is 4.79 Å². The minimum atomic E-state index is -0.479. The summed E-state index contributed by atoms with van der Waals surface area (Å²) in [5, 5.41) is 23.0. The third-order valence-corrected chi connectivity index (χ3v) is 4.47. The molecular weight excluding hydrogens is 312 g/mol. The number of hydrogen-bond donors (Lipinski definition) is 2. The van der Waals surface area contributed by atoms with Crippen molar-refractivity contribution in [1.29, 1.82) is 0 Å². The Hall–Kier alpha value is -2.19. The molecule has 0 saturated carbocycles. The Kier molecular flexibility index (Phi) is 6.10. The number of nitro groups is 1. The van der Waals surface area contributed by atoms with E-state index in [4.69, 9.17) is 0 Å². The fourth-order valence-electron chi connectivity index (χ4n) is 2.85. The lowest BCUT2D eigenvalue weighted by Crippen LogP contribution is -2.53. The topological polar surface area (TPSA) is 99.0 Å². The van der Waals surface area contributed by atoms with Gasteiger partial charge in [-0.15, -0.1) is 0 Å². The van der Waals surface area contributed by atoms with Crippen LogP contribution in [0.25, 0.3) is 0 Å². The molecule has 2 amide bonds. The first-order chi connectivity index (χ1) is 11.5. The molecule has 0 spiro atoms. The Balaban J connectivity index is 1.97. The number of non-ortho nitro benzene ring substituents is 1. The average molecular weight is 336 g/mol. The zero-order valence-corrected chi connectivity index (χ0v) is 14.1. The molecule has 0 unspecified atom stereocenters. The van der Waals surface area contributed by atoms with Crippen LogP contribution in [0.4, 0.5) is 16.2 Å². The van der Waals surface area contributed by atoms with Crippen LogP contribution in [-0.2, 0) is 0 Å². The first-order valence-electron chi connectivity index (χ1n) is 8.12. The maximum absolute atomic E-state index is 12.4. The first-order valence-corrected chi connectivity index (χ1v) is 8.12. The second-order valence-electron chi connectivity index (χ2n) is 5.95. The Labute approximate surface area is 141 Å². The molecule has 24 heavy (non-hydrogen) atoms. The van der Waals surface area contributed by atoms with Gasteiger partial charge in [0.1, 0.15) is 0 Å². The largest absolute Gasteiger partial charge is 0.395 e. The highest BCUT2D eigenvalue weighted by Crippen LogP contribution is 2.22. The number of hydrogen-bond acceptors (Lipinski definition) is 5. The van der Waals surface area contributed by atoms with Gasteiger partial charge in [-0.3, -0.25) is 15.0 Å². The molecule has 1 atom stereocenters. The van der Waals surface area contributed by atoms with Crippen LogP contribution in [0, 0.1) is 17.0 Å². The fraction of sp³-hybridized carbons (Fsp3) is 0.562. The molecule has 132 valence electrons. The number of carbonyl (C=O) groups excluding carboxylic acids is 1. The highest BCUT2D eigenvalue weighted by molar-refractivity contribution is 5.90. The highest BCUT2D eigenvalue weighted by Gasteiger charge is 2.25. The molecule has 0 aromatic heterocycles. The zero-order valence-electron chi connectivity index (χ0n) is 14.1. The van der Waals surface area contributed by atoms with E-state index in [1.54, 1.807) is 17.9 Å². The summed E-state index contributed by atoms with van der Waals surface area (Å²) in [6.07, 6.45) is 0.871. The number of benzene rings is 1. The van der Waals surface area contributed by atoms with Gasteiger partial charge in [-0.1, -0.05) is 13.0 Å². The van der Waals surface area contributed by atoms with Gasteiger partial charge in [-0.2, -0.15) is 0 Å². The molecular formula is C16H24N4O4. The number of nitrogens with zero attached hydrogens (tertiary/aromatic N) is 3. The number of aryl methyl sites for hydroxylation is 1. The lowest BCUT2D eigenvalue weighted by molar-refractivity contribution is -0.384. The fourth-order valence-corrected chi connectivity index (χ4v) is 2.85. The quantitative estimate of drug-likeness (QED) is 0.631. The number of piperazine rings is 1. The van der Waals surface area contributed by atoms with E-state index >= 15 is 0 Å². The Bertz CT molecular complexity index is 596. The number of aliphatic hydroxyl groups is 1. The van der Waals surface area contributed by atoms with Crippen LogP contribution in [-0.4, -0.2) is 64.7 Å². The minimum absolute atomic E-state index is 0.0468. The zero-order chi connectivity index (χ0) is 17.7. The van der Waals surface area contributed by atoms with Crippen molar-refractivity contribution in [3.63, 3.8) is 0 Å². The molecule has 1 heterocycles. The van der Waals surface area contributed by atoms with Crippen molar-refractivity contribution in [3.05, 3.63) is 33.9 Å². The summed E-state index contributed by atoms with van der Waals surface area (Å²) in [4.78, 5) is 26.7. The number of urea groups is 1. The molecule has 8 nitrogen and oxygen atoms in total. The predicted octanol–water partition coefficient (Wildman–Crippen LogP) is 1.82. The number of nitrogens with one attached hydrogen (secondary N) is 1. The van der Waals surface area contributed by atoms with E-state index in [9.17, 15) is 20.0 Å². The SMILES string of the molecule is CC[C@@H](CO)N1CCN(C(=O)Nc2cc([N+](=O)[O-])ccc2C)CC1. The van der Waals surface area contributed by atoms with E-state index in [0.29, 0.717) is 31.9 Å². The van der Waals surface area contributed by atoms with Gasteiger partial charge < -0.3 is 15.3 Å². The van der Waals surface area contributed by atoms with Gasteiger partial charge in [0, 0.05) is 44.4 Å². The molecule has 2 rings (SSSR count). The molecule has 0 radical (unpaired) electrons. The molecule has 1 saturated heterocycles. The van der Waals surface area contributed by atoms with E-state index < -0.39 is 4.92 Å². The van der Waals surface area contributed by atoms with E-state index in [1.807, 2.05) is 6.92 Å².